The van der Waals surface area contributed by atoms with Crippen LogP contribution in [0.25, 0.3) is 10.8 Å². The molecule has 3 N–H and O–H groups in total. The second kappa shape index (κ2) is 4.37. The van der Waals surface area contributed by atoms with Crippen molar-refractivity contribution in [3.05, 3.63) is 30.1 Å². The van der Waals surface area contributed by atoms with Crippen molar-refractivity contribution in [3.63, 3.8) is 0 Å². The molecule has 4 rings (SSSR count). The molecule has 0 aliphatic heterocycles. The van der Waals surface area contributed by atoms with Gasteiger partial charge in [0.25, 0.3) is 0 Å². The fourth-order valence-electron chi connectivity index (χ4n) is 4.11. The summed E-state index contributed by atoms with van der Waals surface area (Å²) in [6.07, 6.45) is 7.49. The number of hydrogen-bond donors (Lipinski definition) is 2. The molecule has 0 radical (unpaired) electrons. The summed E-state index contributed by atoms with van der Waals surface area (Å²) in [7, 11) is 0. The van der Waals surface area contributed by atoms with Crippen LogP contribution in [0.5, 0.6) is 0 Å². The molecule has 3 heteroatoms. The van der Waals surface area contributed by atoms with Gasteiger partial charge in [0.2, 0.25) is 0 Å². The molecule has 2 saturated carbocycles. The van der Waals surface area contributed by atoms with Gasteiger partial charge in [0.1, 0.15) is 0 Å². The molecule has 2 aliphatic rings. The van der Waals surface area contributed by atoms with Gasteiger partial charge in [-0.3, -0.25) is 4.98 Å². The lowest BCUT2D eigenvalue weighted by Gasteiger charge is -2.25. The lowest BCUT2D eigenvalue weighted by molar-refractivity contribution is 0.440. The number of nitrogens with one attached hydrogen (secondary N) is 1. The Morgan fingerprint density at radius 2 is 2.10 bits per heavy atom. The number of nitrogens with two attached hydrogens (primary N) is 1. The average molecular weight is 267 g/mol. The molecule has 2 fully saturated rings. The minimum Gasteiger partial charge on any atom is -0.398 e. The van der Waals surface area contributed by atoms with Crippen molar-refractivity contribution in [1.29, 1.82) is 0 Å². The molecule has 3 unspecified atom stereocenters. The molecule has 1 heterocycles. The zero-order valence-corrected chi connectivity index (χ0v) is 11.9. The SMILES string of the molecule is Cc1cc2c(NC3CC4CCC3C4)ccc(N)c2cn1. The highest BCUT2D eigenvalue weighted by atomic mass is 14.9. The monoisotopic (exact) mass is 267 g/mol. The van der Waals surface area contributed by atoms with Crippen molar-refractivity contribution in [2.75, 3.05) is 11.1 Å². The van der Waals surface area contributed by atoms with Crippen LogP contribution in [-0.4, -0.2) is 11.0 Å². The molecular weight excluding hydrogens is 246 g/mol. The van der Waals surface area contributed by atoms with Gasteiger partial charge >= 0.3 is 0 Å². The fourth-order valence-corrected chi connectivity index (χ4v) is 4.11. The minimum atomic E-state index is 0.647. The number of aryl methyl sites for hydroxylation is 1. The first-order valence-corrected chi connectivity index (χ1v) is 7.62. The Bertz CT molecular complexity index is 665. The molecule has 2 bridgehead atoms. The maximum atomic E-state index is 6.08. The number of anilines is 2. The number of aromatic nitrogens is 1. The molecule has 0 saturated heterocycles. The number of pyridine rings is 1. The maximum absolute atomic E-state index is 6.08. The first-order valence-electron chi connectivity index (χ1n) is 7.62. The Balaban J connectivity index is 1.72. The largest absolute Gasteiger partial charge is 0.398 e. The highest BCUT2D eigenvalue weighted by Gasteiger charge is 2.39. The van der Waals surface area contributed by atoms with Crippen LogP contribution in [0.15, 0.2) is 24.4 Å². The normalized spacial score (nSPS) is 28.1. The standard InChI is InChI=1S/C17H21N3/c1-10-6-13-14(9-19-10)15(18)4-5-16(13)20-17-8-11-2-3-12(17)7-11/h4-6,9,11-12,17,20H,2-3,7-8,18H2,1H3. The van der Waals surface area contributed by atoms with Gasteiger partial charge in [0, 0.05) is 40.1 Å². The van der Waals surface area contributed by atoms with Crippen molar-refractivity contribution < 1.29 is 0 Å². The van der Waals surface area contributed by atoms with E-state index < -0.39 is 0 Å². The quantitative estimate of drug-likeness (QED) is 0.815. The van der Waals surface area contributed by atoms with E-state index in [9.17, 15) is 0 Å². The van der Waals surface area contributed by atoms with E-state index in [1.807, 2.05) is 19.2 Å². The van der Waals surface area contributed by atoms with Gasteiger partial charge in [-0.15, -0.1) is 0 Å². The Hall–Kier alpha value is -1.77. The van der Waals surface area contributed by atoms with Crippen LogP contribution in [0.3, 0.4) is 0 Å². The molecule has 1 aromatic heterocycles. The second-order valence-corrected chi connectivity index (χ2v) is 6.50. The third-order valence-corrected chi connectivity index (χ3v) is 5.15. The third kappa shape index (κ3) is 1.84. The second-order valence-electron chi connectivity index (χ2n) is 6.50. The molecule has 3 atom stereocenters. The molecule has 2 aromatic rings. The van der Waals surface area contributed by atoms with Crippen LogP contribution >= 0.6 is 0 Å². The van der Waals surface area contributed by atoms with Gasteiger partial charge in [-0.1, -0.05) is 6.42 Å². The number of fused-ring (bicyclic) bond motifs is 3. The number of nitrogens with zero attached hydrogens (tertiary/aromatic N) is 1. The van der Waals surface area contributed by atoms with Crippen LogP contribution in [0.2, 0.25) is 0 Å². The highest BCUT2D eigenvalue weighted by molar-refractivity contribution is 6.00. The molecule has 3 nitrogen and oxygen atoms in total. The van der Waals surface area contributed by atoms with E-state index in [4.69, 9.17) is 5.73 Å². The summed E-state index contributed by atoms with van der Waals surface area (Å²) in [5.74, 6) is 1.83. The first kappa shape index (κ1) is 12.0. The van der Waals surface area contributed by atoms with Crippen LogP contribution in [0, 0.1) is 18.8 Å². The van der Waals surface area contributed by atoms with Crippen LogP contribution < -0.4 is 11.1 Å². The van der Waals surface area contributed by atoms with Crippen molar-refractivity contribution in [3.8, 4) is 0 Å². The van der Waals surface area contributed by atoms with Gasteiger partial charge in [0.15, 0.2) is 0 Å². The third-order valence-electron chi connectivity index (χ3n) is 5.15. The van der Waals surface area contributed by atoms with Gasteiger partial charge in [-0.05, 0) is 56.2 Å². The summed E-state index contributed by atoms with van der Waals surface area (Å²) < 4.78 is 0. The molecule has 2 aliphatic carbocycles. The number of benzene rings is 1. The van der Waals surface area contributed by atoms with Gasteiger partial charge in [0.05, 0.1) is 0 Å². The Kier molecular flexibility index (Phi) is 2.62. The molecular formula is C17H21N3. The maximum Gasteiger partial charge on any atom is 0.0424 e. The van der Waals surface area contributed by atoms with E-state index in [-0.39, 0.29) is 0 Å². The lowest BCUT2D eigenvalue weighted by atomic mass is 9.94. The number of hydrogen-bond acceptors (Lipinski definition) is 3. The van der Waals surface area contributed by atoms with Crippen molar-refractivity contribution in [2.45, 2.75) is 38.6 Å². The van der Waals surface area contributed by atoms with Gasteiger partial charge in [-0.25, -0.2) is 0 Å². The Morgan fingerprint density at radius 3 is 2.85 bits per heavy atom. The predicted octanol–water partition coefficient (Wildman–Crippen LogP) is 3.73. The van der Waals surface area contributed by atoms with E-state index >= 15 is 0 Å². The number of rotatable bonds is 2. The molecule has 0 spiro atoms. The smallest absolute Gasteiger partial charge is 0.0424 e. The summed E-state index contributed by atoms with van der Waals surface area (Å²) in [4.78, 5) is 4.37. The summed E-state index contributed by atoms with van der Waals surface area (Å²) in [6, 6.07) is 6.91. The summed E-state index contributed by atoms with van der Waals surface area (Å²) in [5, 5.41) is 6.05. The van der Waals surface area contributed by atoms with Crippen LogP contribution in [-0.2, 0) is 0 Å². The van der Waals surface area contributed by atoms with Crippen molar-refractivity contribution in [2.24, 2.45) is 11.8 Å². The molecule has 20 heavy (non-hydrogen) atoms. The number of nitrogen functional groups attached to an aromatic ring is 1. The Morgan fingerprint density at radius 1 is 1.20 bits per heavy atom. The van der Waals surface area contributed by atoms with Gasteiger partial charge in [-0.2, -0.15) is 0 Å². The summed E-state index contributed by atoms with van der Waals surface area (Å²) in [6.45, 7) is 2.03. The first-order chi connectivity index (χ1) is 9.70. The Labute approximate surface area is 119 Å². The van der Waals surface area contributed by atoms with Crippen molar-refractivity contribution in [1.82, 2.24) is 4.98 Å². The zero-order chi connectivity index (χ0) is 13.7. The predicted molar refractivity (Wildman–Crippen MR) is 83.8 cm³/mol. The molecule has 1 aromatic carbocycles. The van der Waals surface area contributed by atoms with Crippen LogP contribution in [0.1, 0.15) is 31.4 Å². The molecule has 0 amide bonds. The van der Waals surface area contributed by atoms with E-state index in [0.717, 1.165) is 28.6 Å². The molecule has 104 valence electrons. The average Bonchev–Trinajstić information content (AvgIpc) is 3.04. The van der Waals surface area contributed by atoms with E-state index in [0.29, 0.717) is 6.04 Å². The fraction of sp³-hybridized carbons (Fsp3) is 0.471. The minimum absolute atomic E-state index is 0.647. The highest BCUT2D eigenvalue weighted by Crippen LogP contribution is 2.46. The summed E-state index contributed by atoms with van der Waals surface area (Å²) >= 11 is 0. The van der Waals surface area contributed by atoms with Gasteiger partial charge < -0.3 is 11.1 Å². The van der Waals surface area contributed by atoms with Crippen molar-refractivity contribution >= 4 is 22.1 Å². The van der Waals surface area contributed by atoms with E-state index in [1.54, 1.807) is 0 Å². The topological polar surface area (TPSA) is 50.9 Å². The van der Waals surface area contributed by atoms with E-state index in [2.05, 4.69) is 22.4 Å². The zero-order valence-electron chi connectivity index (χ0n) is 11.9. The van der Waals surface area contributed by atoms with E-state index in [1.165, 1.54) is 36.8 Å². The summed E-state index contributed by atoms with van der Waals surface area (Å²) in [5.41, 5.74) is 9.15. The van der Waals surface area contributed by atoms with Crippen LogP contribution in [0.4, 0.5) is 11.4 Å². The lowest BCUT2D eigenvalue weighted by Crippen LogP contribution is -2.25.